The van der Waals surface area contributed by atoms with Gasteiger partial charge in [0.2, 0.25) is 11.8 Å². The molecule has 2 fully saturated rings. The van der Waals surface area contributed by atoms with Crippen molar-refractivity contribution < 1.29 is 9.59 Å². The van der Waals surface area contributed by atoms with Crippen LogP contribution in [0.3, 0.4) is 0 Å². The first kappa shape index (κ1) is 20.7. The van der Waals surface area contributed by atoms with Gasteiger partial charge < -0.3 is 10.2 Å². The zero-order chi connectivity index (χ0) is 19.0. The fraction of sp³-hybridized carbons (Fsp3) is 0.850. The smallest absolute Gasteiger partial charge is 0.237 e. The number of carbonyl (C=O) groups excluding carboxylic acids is 2. The van der Waals surface area contributed by atoms with E-state index in [-0.39, 0.29) is 11.8 Å². The molecule has 1 atom stereocenters. The first-order valence-corrected chi connectivity index (χ1v) is 10.2. The third-order valence-corrected chi connectivity index (χ3v) is 5.93. The number of likely N-dealkylation sites (tertiary alicyclic amines) is 1. The summed E-state index contributed by atoms with van der Waals surface area (Å²) >= 11 is 0. The minimum Gasteiger partial charge on any atom is -0.356 e. The summed E-state index contributed by atoms with van der Waals surface area (Å²) in [5, 5.41) is 12.7. The van der Waals surface area contributed by atoms with Crippen molar-refractivity contribution in [2.24, 2.45) is 5.92 Å². The van der Waals surface area contributed by atoms with E-state index in [1.54, 1.807) is 11.9 Å². The van der Waals surface area contributed by atoms with Gasteiger partial charge in [0.15, 0.2) is 0 Å². The summed E-state index contributed by atoms with van der Waals surface area (Å²) in [6, 6.07) is 2.43. The van der Waals surface area contributed by atoms with Crippen LogP contribution in [0.5, 0.6) is 0 Å². The zero-order valence-electron chi connectivity index (χ0n) is 16.4. The van der Waals surface area contributed by atoms with Crippen LogP contribution >= 0.6 is 0 Å². The minimum absolute atomic E-state index is 0.0455. The van der Waals surface area contributed by atoms with Crippen molar-refractivity contribution in [2.45, 2.75) is 70.3 Å². The molecule has 1 heterocycles. The Morgan fingerprint density at radius 1 is 1.27 bits per heavy atom. The zero-order valence-corrected chi connectivity index (χ0v) is 16.4. The normalized spacial score (nSPS) is 23.0. The Hall–Kier alpha value is -1.61. The lowest BCUT2D eigenvalue weighted by atomic mass is 9.81. The van der Waals surface area contributed by atoms with Crippen molar-refractivity contribution >= 4 is 11.8 Å². The van der Waals surface area contributed by atoms with Gasteiger partial charge in [-0.15, -0.1) is 0 Å². The molecular formula is C20H34N4O2. The number of nitrogens with one attached hydrogen (secondary N) is 1. The molecule has 0 radical (unpaired) electrons. The van der Waals surface area contributed by atoms with Crippen LogP contribution in [-0.2, 0) is 9.59 Å². The van der Waals surface area contributed by atoms with Gasteiger partial charge in [-0.3, -0.25) is 14.5 Å². The van der Waals surface area contributed by atoms with Crippen LogP contribution in [0.1, 0.15) is 64.7 Å². The van der Waals surface area contributed by atoms with E-state index >= 15 is 0 Å². The number of nitriles is 1. The number of hydrogen-bond acceptors (Lipinski definition) is 4. The highest BCUT2D eigenvalue weighted by atomic mass is 16.2. The number of rotatable bonds is 7. The summed E-state index contributed by atoms with van der Waals surface area (Å²) in [5.41, 5.74) is -0.612. The number of piperidine rings is 1. The third-order valence-electron chi connectivity index (χ3n) is 5.93. The number of hydrogen-bond donors (Lipinski definition) is 1. The predicted molar refractivity (Wildman–Crippen MR) is 101 cm³/mol. The lowest BCUT2D eigenvalue weighted by molar-refractivity contribution is -0.136. The largest absolute Gasteiger partial charge is 0.356 e. The van der Waals surface area contributed by atoms with Crippen LogP contribution < -0.4 is 5.32 Å². The monoisotopic (exact) mass is 362 g/mol. The summed E-state index contributed by atoms with van der Waals surface area (Å²) in [5.74, 6) is 0.570. The quantitative estimate of drug-likeness (QED) is 0.754. The number of nitrogens with zero attached hydrogens (tertiary/aromatic N) is 3. The second-order valence-electron chi connectivity index (χ2n) is 7.95. The molecule has 1 unspecified atom stereocenters. The summed E-state index contributed by atoms with van der Waals surface area (Å²) in [4.78, 5) is 28.4. The number of likely N-dealkylation sites (N-methyl/N-ethyl adjacent to an activating group) is 1. The minimum atomic E-state index is -0.612. The van der Waals surface area contributed by atoms with Crippen LogP contribution in [0.15, 0.2) is 0 Å². The third kappa shape index (κ3) is 5.44. The standard InChI is InChI=1S/C20H34N4O2/c1-3-8-18(25)22-13-17-9-7-12-24(14-17)15-19(26)23(2)20(16-21)10-5-4-6-11-20/h17H,3-15H2,1-2H3,(H,22,25). The van der Waals surface area contributed by atoms with Gasteiger partial charge in [0.1, 0.15) is 5.54 Å². The second-order valence-corrected chi connectivity index (χ2v) is 7.95. The molecular weight excluding hydrogens is 328 g/mol. The summed E-state index contributed by atoms with van der Waals surface area (Å²) in [6.07, 6.45) is 8.37. The van der Waals surface area contributed by atoms with E-state index in [1.807, 2.05) is 6.92 Å². The topological polar surface area (TPSA) is 76.4 Å². The highest BCUT2D eigenvalue weighted by molar-refractivity contribution is 5.79. The van der Waals surface area contributed by atoms with Gasteiger partial charge in [0.05, 0.1) is 12.6 Å². The summed E-state index contributed by atoms with van der Waals surface area (Å²) in [7, 11) is 1.79. The highest BCUT2D eigenvalue weighted by Crippen LogP contribution is 2.32. The first-order chi connectivity index (χ1) is 12.5. The van der Waals surface area contributed by atoms with Crippen molar-refractivity contribution in [1.29, 1.82) is 5.26 Å². The maximum atomic E-state index is 12.8. The highest BCUT2D eigenvalue weighted by Gasteiger charge is 2.39. The van der Waals surface area contributed by atoms with Crippen molar-refractivity contribution in [2.75, 3.05) is 33.2 Å². The van der Waals surface area contributed by atoms with E-state index in [9.17, 15) is 14.9 Å². The molecule has 0 aromatic carbocycles. The molecule has 1 aliphatic carbocycles. The van der Waals surface area contributed by atoms with Crippen LogP contribution in [-0.4, -0.2) is 60.4 Å². The van der Waals surface area contributed by atoms with Crippen molar-refractivity contribution in [3.8, 4) is 6.07 Å². The molecule has 26 heavy (non-hydrogen) atoms. The molecule has 6 heteroatoms. The molecule has 1 saturated carbocycles. The fourth-order valence-corrected chi connectivity index (χ4v) is 4.23. The maximum Gasteiger partial charge on any atom is 0.237 e. The van der Waals surface area contributed by atoms with E-state index < -0.39 is 5.54 Å². The molecule has 1 N–H and O–H groups in total. The van der Waals surface area contributed by atoms with Crippen molar-refractivity contribution in [3.05, 3.63) is 0 Å². The van der Waals surface area contributed by atoms with Crippen LogP contribution in [0, 0.1) is 17.2 Å². The van der Waals surface area contributed by atoms with Gasteiger partial charge in [-0.05, 0) is 44.6 Å². The lowest BCUT2D eigenvalue weighted by Crippen LogP contribution is -2.53. The van der Waals surface area contributed by atoms with Crippen LogP contribution in [0.2, 0.25) is 0 Å². The van der Waals surface area contributed by atoms with Gasteiger partial charge in [-0.2, -0.15) is 5.26 Å². The molecule has 6 nitrogen and oxygen atoms in total. The number of carbonyl (C=O) groups is 2. The van der Waals surface area contributed by atoms with Gasteiger partial charge >= 0.3 is 0 Å². The molecule has 0 aromatic rings. The molecule has 1 saturated heterocycles. The van der Waals surface area contributed by atoms with Gasteiger partial charge in [0, 0.05) is 26.6 Å². The van der Waals surface area contributed by atoms with E-state index in [0.29, 0.717) is 25.4 Å². The Morgan fingerprint density at radius 2 is 2.00 bits per heavy atom. The average molecular weight is 363 g/mol. The molecule has 146 valence electrons. The fourth-order valence-electron chi connectivity index (χ4n) is 4.23. The van der Waals surface area contributed by atoms with Gasteiger partial charge in [-0.25, -0.2) is 0 Å². The molecule has 0 aromatic heterocycles. The Kier molecular flexibility index (Phi) is 7.89. The van der Waals surface area contributed by atoms with E-state index in [1.165, 1.54) is 0 Å². The molecule has 0 bridgehead atoms. The lowest BCUT2D eigenvalue weighted by Gasteiger charge is -2.40. The molecule has 2 amide bonds. The van der Waals surface area contributed by atoms with E-state index in [2.05, 4.69) is 16.3 Å². The van der Waals surface area contributed by atoms with Crippen LogP contribution in [0.25, 0.3) is 0 Å². The van der Waals surface area contributed by atoms with Gasteiger partial charge in [0.25, 0.3) is 0 Å². The Morgan fingerprint density at radius 3 is 2.65 bits per heavy atom. The molecule has 1 aliphatic heterocycles. The first-order valence-electron chi connectivity index (χ1n) is 10.2. The van der Waals surface area contributed by atoms with Crippen molar-refractivity contribution in [1.82, 2.24) is 15.1 Å². The maximum absolute atomic E-state index is 12.8. The predicted octanol–water partition coefficient (Wildman–Crippen LogP) is 2.30. The van der Waals surface area contributed by atoms with Crippen molar-refractivity contribution in [3.63, 3.8) is 0 Å². The van der Waals surface area contributed by atoms with Gasteiger partial charge in [-0.1, -0.05) is 26.2 Å². The Bertz CT molecular complexity index is 522. The Labute approximate surface area is 157 Å². The second kappa shape index (κ2) is 9.91. The van der Waals surface area contributed by atoms with Crippen LogP contribution in [0.4, 0.5) is 0 Å². The van der Waals surface area contributed by atoms with E-state index in [4.69, 9.17) is 0 Å². The molecule has 2 rings (SSSR count). The van der Waals surface area contributed by atoms with E-state index in [0.717, 1.165) is 64.5 Å². The summed E-state index contributed by atoms with van der Waals surface area (Å²) < 4.78 is 0. The summed E-state index contributed by atoms with van der Waals surface area (Å²) in [6.45, 7) is 4.83. The SMILES string of the molecule is CCCC(=O)NCC1CCCN(CC(=O)N(C)C2(C#N)CCCCC2)C1. The molecule has 0 spiro atoms. The Balaban J connectivity index is 1.84. The average Bonchev–Trinajstić information content (AvgIpc) is 2.67. The number of amides is 2. The molecule has 2 aliphatic rings.